The molecule has 1 atom stereocenters. The maximum absolute atomic E-state index is 4.17. The minimum Gasteiger partial charge on any atom is -0.309 e. The number of aromatic amines is 1. The minimum atomic E-state index is 0.520. The number of nitrogens with one attached hydrogen (secondary N) is 2. The summed E-state index contributed by atoms with van der Waals surface area (Å²) in [4.78, 5) is 2.61. The van der Waals surface area contributed by atoms with Gasteiger partial charge in [-0.15, -0.1) is 0 Å². The van der Waals surface area contributed by atoms with E-state index in [1.807, 2.05) is 6.20 Å². The Kier molecular flexibility index (Phi) is 4.23. The van der Waals surface area contributed by atoms with Gasteiger partial charge in [0, 0.05) is 54.9 Å². The van der Waals surface area contributed by atoms with Gasteiger partial charge in [-0.1, -0.05) is 0 Å². The number of hydrogen-bond donors (Lipinski definition) is 2. The van der Waals surface area contributed by atoms with E-state index < -0.39 is 0 Å². The molecular formula is C13H22N4S. The lowest BCUT2D eigenvalue weighted by atomic mass is 9.97. The summed E-state index contributed by atoms with van der Waals surface area (Å²) in [6.45, 7) is 4.89. The minimum absolute atomic E-state index is 0.520. The van der Waals surface area contributed by atoms with Crippen LogP contribution in [0.25, 0.3) is 0 Å². The van der Waals surface area contributed by atoms with Gasteiger partial charge in [0.05, 0.1) is 6.20 Å². The Labute approximate surface area is 113 Å². The molecule has 0 aliphatic carbocycles. The fraction of sp³-hybridized carbons (Fsp3) is 0.769. The molecule has 1 aromatic heterocycles. The summed E-state index contributed by atoms with van der Waals surface area (Å²) in [5.41, 5.74) is 2.74. The van der Waals surface area contributed by atoms with E-state index in [-0.39, 0.29) is 0 Å². The molecule has 0 radical (unpaired) electrons. The van der Waals surface area contributed by atoms with Crippen molar-refractivity contribution in [2.75, 3.05) is 37.7 Å². The summed E-state index contributed by atoms with van der Waals surface area (Å²) >= 11 is 2.09. The highest BCUT2D eigenvalue weighted by molar-refractivity contribution is 7.99. The lowest BCUT2D eigenvalue weighted by Crippen LogP contribution is -2.34. The van der Waals surface area contributed by atoms with Crippen LogP contribution in [0.4, 0.5) is 0 Å². The van der Waals surface area contributed by atoms with Gasteiger partial charge in [0.2, 0.25) is 0 Å². The van der Waals surface area contributed by atoms with Crippen LogP contribution in [0.3, 0.4) is 0 Å². The zero-order valence-corrected chi connectivity index (χ0v) is 11.6. The second-order valence-corrected chi connectivity index (χ2v) is 6.38. The highest BCUT2D eigenvalue weighted by atomic mass is 32.2. The molecule has 100 valence electrons. The van der Waals surface area contributed by atoms with Crippen LogP contribution in [0.1, 0.15) is 30.1 Å². The van der Waals surface area contributed by atoms with Gasteiger partial charge in [-0.2, -0.15) is 16.9 Å². The molecule has 5 heteroatoms. The summed E-state index contributed by atoms with van der Waals surface area (Å²) in [6.07, 6.45) is 5.61. The lowest BCUT2D eigenvalue weighted by molar-refractivity contribution is 0.287. The van der Waals surface area contributed by atoms with E-state index >= 15 is 0 Å². The van der Waals surface area contributed by atoms with Crippen molar-refractivity contribution in [3.8, 4) is 0 Å². The number of hydrogen-bond acceptors (Lipinski definition) is 4. The molecule has 3 heterocycles. The van der Waals surface area contributed by atoms with Gasteiger partial charge in [-0.3, -0.25) is 5.10 Å². The smallest absolute Gasteiger partial charge is 0.0538 e. The summed E-state index contributed by atoms with van der Waals surface area (Å²) < 4.78 is 0. The third-order valence-electron chi connectivity index (χ3n) is 3.96. The van der Waals surface area contributed by atoms with Crippen LogP contribution in [0.15, 0.2) is 6.20 Å². The molecule has 1 fully saturated rings. The Morgan fingerprint density at radius 2 is 2.28 bits per heavy atom. The highest BCUT2D eigenvalue weighted by Gasteiger charge is 2.21. The quantitative estimate of drug-likeness (QED) is 0.865. The third kappa shape index (κ3) is 2.90. The van der Waals surface area contributed by atoms with Gasteiger partial charge >= 0.3 is 0 Å². The normalized spacial score (nSPS) is 25.0. The fourth-order valence-corrected chi connectivity index (χ4v) is 3.88. The van der Waals surface area contributed by atoms with Crippen molar-refractivity contribution in [3.05, 3.63) is 17.5 Å². The molecule has 0 spiro atoms. The monoisotopic (exact) mass is 266 g/mol. The SMILES string of the molecule is c1n[nH]c2c1C(CCCN1CCSCC1)NCC2. The summed E-state index contributed by atoms with van der Waals surface area (Å²) in [7, 11) is 0. The number of H-pyrrole nitrogens is 1. The summed E-state index contributed by atoms with van der Waals surface area (Å²) in [5.74, 6) is 2.63. The van der Waals surface area contributed by atoms with E-state index in [1.165, 1.54) is 55.2 Å². The van der Waals surface area contributed by atoms with Gasteiger partial charge in [0.1, 0.15) is 0 Å². The zero-order valence-electron chi connectivity index (χ0n) is 10.8. The molecule has 2 aliphatic rings. The molecule has 0 bridgehead atoms. The van der Waals surface area contributed by atoms with Crippen molar-refractivity contribution in [2.24, 2.45) is 0 Å². The molecule has 1 saturated heterocycles. The summed E-state index contributed by atoms with van der Waals surface area (Å²) in [6, 6.07) is 0.520. The molecule has 4 nitrogen and oxygen atoms in total. The molecule has 0 saturated carbocycles. The number of thioether (sulfide) groups is 1. The van der Waals surface area contributed by atoms with Gasteiger partial charge in [0.25, 0.3) is 0 Å². The van der Waals surface area contributed by atoms with Crippen LogP contribution >= 0.6 is 11.8 Å². The van der Waals surface area contributed by atoms with Gasteiger partial charge in [0.15, 0.2) is 0 Å². The van der Waals surface area contributed by atoms with Crippen molar-refractivity contribution in [2.45, 2.75) is 25.3 Å². The predicted molar refractivity (Wildman–Crippen MR) is 76.0 cm³/mol. The number of fused-ring (bicyclic) bond motifs is 1. The standard InChI is InChI=1S/C13H22N4S/c1(5-17-6-8-18-9-7-17)2-12-11-10-15-16-13(11)3-4-14-12/h10,12,14H,1-9H2,(H,15,16). The Morgan fingerprint density at radius 3 is 3.17 bits per heavy atom. The van der Waals surface area contributed by atoms with Crippen molar-refractivity contribution in [3.63, 3.8) is 0 Å². The van der Waals surface area contributed by atoms with Gasteiger partial charge in [-0.05, 0) is 19.4 Å². The van der Waals surface area contributed by atoms with E-state index in [0.29, 0.717) is 6.04 Å². The van der Waals surface area contributed by atoms with Crippen LogP contribution in [0.2, 0.25) is 0 Å². The van der Waals surface area contributed by atoms with E-state index in [1.54, 1.807) is 0 Å². The van der Waals surface area contributed by atoms with Crippen molar-refractivity contribution >= 4 is 11.8 Å². The number of nitrogens with zero attached hydrogens (tertiary/aromatic N) is 2. The van der Waals surface area contributed by atoms with Crippen molar-refractivity contribution in [1.82, 2.24) is 20.4 Å². The Bertz CT molecular complexity index is 373. The maximum Gasteiger partial charge on any atom is 0.0538 e. The average molecular weight is 266 g/mol. The molecule has 1 unspecified atom stereocenters. The van der Waals surface area contributed by atoms with Crippen LogP contribution < -0.4 is 5.32 Å². The first kappa shape index (κ1) is 12.5. The molecule has 0 amide bonds. The van der Waals surface area contributed by atoms with E-state index in [0.717, 1.165) is 13.0 Å². The van der Waals surface area contributed by atoms with Crippen molar-refractivity contribution in [1.29, 1.82) is 0 Å². The van der Waals surface area contributed by atoms with Crippen LogP contribution in [0, 0.1) is 0 Å². The molecule has 18 heavy (non-hydrogen) atoms. The van der Waals surface area contributed by atoms with Crippen LogP contribution in [-0.4, -0.2) is 52.8 Å². The number of aromatic nitrogens is 2. The van der Waals surface area contributed by atoms with E-state index in [9.17, 15) is 0 Å². The fourth-order valence-electron chi connectivity index (χ4n) is 2.91. The van der Waals surface area contributed by atoms with Crippen LogP contribution in [0.5, 0.6) is 0 Å². The Balaban J connectivity index is 1.46. The third-order valence-corrected chi connectivity index (χ3v) is 4.91. The zero-order chi connectivity index (χ0) is 12.2. The molecule has 2 N–H and O–H groups in total. The van der Waals surface area contributed by atoms with E-state index in [4.69, 9.17) is 0 Å². The largest absolute Gasteiger partial charge is 0.309 e. The second-order valence-electron chi connectivity index (χ2n) is 5.16. The van der Waals surface area contributed by atoms with Crippen LogP contribution in [-0.2, 0) is 6.42 Å². The Hall–Kier alpha value is -0.520. The second kappa shape index (κ2) is 6.08. The highest BCUT2D eigenvalue weighted by Crippen LogP contribution is 2.24. The molecule has 3 rings (SSSR count). The molecular weight excluding hydrogens is 244 g/mol. The van der Waals surface area contributed by atoms with E-state index in [2.05, 4.69) is 32.2 Å². The first-order valence-electron chi connectivity index (χ1n) is 6.99. The first-order chi connectivity index (χ1) is 8.93. The predicted octanol–water partition coefficient (Wildman–Crippen LogP) is 1.43. The Morgan fingerprint density at radius 1 is 1.39 bits per heavy atom. The maximum atomic E-state index is 4.17. The molecule has 0 aromatic carbocycles. The van der Waals surface area contributed by atoms with Gasteiger partial charge in [-0.25, -0.2) is 0 Å². The molecule has 1 aromatic rings. The van der Waals surface area contributed by atoms with Gasteiger partial charge < -0.3 is 10.2 Å². The number of rotatable bonds is 4. The lowest BCUT2D eigenvalue weighted by Gasteiger charge is -2.28. The molecule has 2 aliphatic heterocycles. The topological polar surface area (TPSA) is 44.0 Å². The first-order valence-corrected chi connectivity index (χ1v) is 8.14. The summed E-state index contributed by atoms with van der Waals surface area (Å²) in [5, 5.41) is 10.9. The average Bonchev–Trinajstić information content (AvgIpc) is 2.89. The van der Waals surface area contributed by atoms with Crippen molar-refractivity contribution < 1.29 is 0 Å².